The highest BCUT2D eigenvalue weighted by atomic mass is 16.7. The zero-order valence-electron chi connectivity index (χ0n) is 24.1. The minimum atomic E-state index is -0.892. The fourth-order valence-electron chi connectivity index (χ4n) is 5.07. The van der Waals surface area contributed by atoms with Crippen LogP contribution in [0.25, 0.3) is 0 Å². The predicted molar refractivity (Wildman–Crippen MR) is 137 cm³/mol. The average Bonchev–Trinajstić information content (AvgIpc) is 2.88. The molecule has 0 unspecified atom stereocenters. The number of hydrogen-bond donors (Lipinski definition) is 4. The summed E-state index contributed by atoms with van der Waals surface area (Å²) in [6, 6.07) is 0. The van der Waals surface area contributed by atoms with Crippen LogP contribution in [0.3, 0.4) is 0 Å². The summed E-state index contributed by atoms with van der Waals surface area (Å²) < 4.78 is 48.9. The maximum atomic E-state index is 9.69. The lowest BCUT2D eigenvalue weighted by atomic mass is 9.99. The maximum absolute atomic E-state index is 9.69. The van der Waals surface area contributed by atoms with Gasteiger partial charge in [0.05, 0.1) is 39.6 Å². The van der Waals surface area contributed by atoms with E-state index in [-0.39, 0.29) is 37.6 Å². The van der Waals surface area contributed by atoms with Gasteiger partial charge in [-0.15, -0.1) is 0 Å². The molecule has 13 heteroatoms. The van der Waals surface area contributed by atoms with Crippen molar-refractivity contribution in [1.82, 2.24) is 0 Å². The largest absolute Gasteiger partial charge is 0.388 e. The third-order valence-electron chi connectivity index (χ3n) is 7.30. The van der Waals surface area contributed by atoms with Crippen LogP contribution >= 0.6 is 0 Å². The number of hydrogen-bond acceptors (Lipinski definition) is 13. The van der Waals surface area contributed by atoms with Gasteiger partial charge in [-0.2, -0.15) is 0 Å². The van der Waals surface area contributed by atoms with Crippen molar-refractivity contribution in [2.75, 3.05) is 39.6 Å². The molecule has 0 bridgehead atoms. The summed E-state index contributed by atoms with van der Waals surface area (Å²) in [7, 11) is 0. The predicted octanol–water partition coefficient (Wildman–Crippen LogP) is -0.390. The lowest BCUT2D eigenvalue weighted by Crippen LogP contribution is -2.61. The summed E-state index contributed by atoms with van der Waals surface area (Å²) >= 11 is 0. The average molecular weight is 579 g/mol. The smallest absolute Gasteiger partial charge is 0.163 e. The highest BCUT2D eigenvalue weighted by molar-refractivity contribution is 5.00. The van der Waals surface area contributed by atoms with Gasteiger partial charge in [0.25, 0.3) is 0 Å². The van der Waals surface area contributed by atoms with Crippen LogP contribution in [-0.2, 0) is 42.6 Å². The molecule has 10 atom stereocenters. The molecule has 4 N–H and O–H groups in total. The number of fused-ring (bicyclic) bond motifs is 3. The second-order valence-corrected chi connectivity index (χ2v) is 12.0. The number of aliphatic hydroxyl groups is 4. The molecule has 0 amide bonds. The fourth-order valence-corrected chi connectivity index (χ4v) is 5.07. The molecule has 0 aromatic carbocycles. The molecular formula is C27H46O13. The lowest BCUT2D eigenvalue weighted by Gasteiger charge is -2.46. The van der Waals surface area contributed by atoms with E-state index in [1.807, 2.05) is 19.9 Å². The Kier molecular flexibility index (Phi) is 10.3. The first-order valence-corrected chi connectivity index (χ1v) is 13.9. The Labute approximate surface area is 235 Å². The number of aliphatic hydroxyl groups excluding tert-OH is 4. The minimum absolute atomic E-state index is 0.0718. The molecule has 6 aliphatic heterocycles. The Morgan fingerprint density at radius 3 is 1.45 bits per heavy atom. The molecule has 40 heavy (non-hydrogen) atoms. The van der Waals surface area contributed by atoms with Crippen LogP contribution in [0.15, 0.2) is 12.2 Å². The first kappa shape index (κ1) is 32.1. The van der Waals surface area contributed by atoms with E-state index < -0.39 is 54.0 Å². The van der Waals surface area contributed by atoms with Crippen molar-refractivity contribution >= 4 is 0 Å². The molecule has 0 aromatic heterocycles. The molecule has 0 radical (unpaired) electrons. The van der Waals surface area contributed by atoms with E-state index in [9.17, 15) is 20.4 Å². The van der Waals surface area contributed by atoms with Crippen LogP contribution in [-0.4, -0.2) is 138 Å². The first-order chi connectivity index (χ1) is 18.7. The molecule has 6 rings (SSSR count). The topological polar surface area (TPSA) is 164 Å². The Bertz CT molecular complexity index is 798. The van der Waals surface area contributed by atoms with Crippen molar-refractivity contribution in [3.05, 3.63) is 12.2 Å². The first-order valence-electron chi connectivity index (χ1n) is 13.9. The van der Waals surface area contributed by atoms with Crippen molar-refractivity contribution < 1.29 is 63.1 Å². The van der Waals surface area contributed by atoms with Gasteiger partial charge in [0.1, 0.15) is 61.0 Å². The second-order valence-electron chi connectivity index (χ2n) is 12.0. The maximum Gasteiger partial charge on any atom is 0.163 e. The molecule has 0 spiro atoms. The monoisotopic (exact) mass is 578 g/mol. The third kappa shape index (κ3) is 8.19. The highest BCUT2D eigenvalue weighted by Gasteiger charge is 2.47. The summed E-state index contributed by atoms with van der Waals surface area (Å²) in [5.74, 6) is -1.91. The van der Waals surface area contributed by atoms with E-state index in [2.05, 4.69) is 6.08 Å². The SMILES string of the molecule is CC1(C)OC[C@@H]2OCC=C[C@H]2O1.CC1(C)OC[C@@H]2OC[C@H](O)[C@H](O)[C@H]2O1.CC1(C)OC[C@H]2OC[C@H](O)[C@H](O)[C@@H]2O1. The van der Waals surface area contributed by atoms with Gasteiger partial charge in [0.2, 0.25) is 0 Å². The van der Waals surface area contributed by atoms with Gasteiger partial charge in [0, 0.05) is 0 Å². The summed E-state index contributed by atoms with van der Waals surface area (Å²) in [5.41, 5.74) is 0. The van der Waals surface area contributed by atoms with Crippen LogP contribution < -0.4 is 0 Å². The van der Waals surface area contributed by atoms with Crippen LogP contribution in [0.1, 0.15) is 41.5 Å². The molecule has 0 saturated carbocycles. The zero-order valence-corrected chi connectivity index (χ0v) is 24.1. The van der Waals surface area contributed by atoms with Gasteiger partial charge in [0.15, 0.2) is 17.4 Å². The summed E-state index contributed by atoms with van der Waals surface area (Å²) in [6.45, 7) is 13.3. The van der Waals surface area contributed by atoms with E-state index in [0.29, 0.717) is 26.4 Å². The van der Waals surface area contributed by atoms with Gasteiger partial charge in [-0.25, -0.2) is 0 Å². The summed E-state index contributed by atoms with van der Waals surface area (Å²) in [5, 5.41) is 38.2. The van der Waals surface area contributed by atoms with E-state index in [0.717, 1.165) is 0 Å². The van der Waals surface area contributed by atoms with Gasteiger partial charge in [-0.1, -0.05) is 12.2 Å². The molecule has 5 fully saturated rings. The highest BCUT2D eigenvalue weighted by Crippen LogP contribution is 2.31. The third-order valence-corrected chi connectivity index (χ3v) is 7.30. The Morgan fingerprint density at radius 2 is 0.975 bits per heavy atom. The molecule has 13 nitrogen and oxygen atoms in total. The fraction of sp³-hybridized carbons (Fsp3) is 0.926. The lowest BCUT2D eigenvalue weighted by molar-refractivity contribution is -0.346. The van der Waals surface area contributed by atoms with Gasteiger partial charge < -0.3 is 63.1 Å². The normalized spacial score (nSPS) is 44.8. The molecular weight excluding hydrogens is 532 g/mol. The summed E-state index contributed by atoms with van der Waals surface area (Å²) in [6.07, 6.45) is -0.872. The van der Waals surface area contributed by atoms with Crippen molar-refractivity contribution in [3.63, 3.8) is 0 Å². The Hall–Kier alpha value is -0.780. The van der Waals surface area contributed by atoms with Crippen molar-refractivity contribution in [2.24, 2.45) is 0 Å². The van der Waals surface area contributed by atoms with Crippen LogP contribution in [0.5, 0.6) is 0 Å². The standard InChI is InChI=1S/2C9H16O5.C9H14O3/c2*1-9(2)13-4-6-8(14-9)7(11)5(10)3-12-6;1-9(2)11-6-8-7(12-9)4-3-5-10-8/h2*5-8,10-11H,3-4H2,1-2H3;3-4,7-8H,5-6H2,1-2H3/t5-,6+,7-,8+;5-,6-,7-,8-;7-,8+/m001/s1. The molecule has 6 aliphatic rings. The van der Waals surface area contributed by atoms with Crippen LogP contribution in [0.2, 0.25) is 0 Å². The van der Waals surface area contributed by atoms with Gasteiger partial charge in [-0.05, 0) is 41.5 Å². The van der Waals surface area contributed by atoms with E-state index >= 15 is 0 Å². The summed E-state index contributed by atoms with van der Waals surface area (Å²) in [4.78, 5) is 0. The van der Waals surface area contributed by atoms with Crippen LogP contribution in [0, 0.1) is 0 Å². The Morgan fingerprint density at radius 1 is 0.550 bits per heavy atom. The van der Waals surface area contributed by atoms with Crippen molar-refractivity contribution in [2.45, 2.75) is 120 Å². The van der Waals surface area contributed by atoms with E-state index in [4.69, 9.17) is 42.6 Å². The molecule has 6 heterocycles. The van der Waals surface area contributed by atoms with E-state index in [1.165, 1.54) is 0 Å². The molecule has 0 aromatic rings. The Balaban J connectivity index is 0.000000139. The molecule has 232 valence electrons. The number of ether oxygens (including phenoxy) is 9. The van der Waals surface area contributed by atoms with E-state index in [1.54, 1.807) is 27.7 Å². The molecule has 0 aliphatic carbocycles. The minimum Gasteiger partial charge on any atom is -0.388 e. The molecule has 5 saturated heterocycles. The van der Waals surface area contributed by atoms with Gasteiger partial charge in [-0.3, -0.25) is 0 Å². The van der Waals surface area contributed by atoms with Crippen molar-refractivity contribution in [3.8, 4) is 0 Å². The van der Waals surface area contributed by atoms with Gasteiger partial charge >= 0.3 is 0 Å². The zero-order chi connectivity index (χ0) is 29.3. The van der Waals surface area contributed by atoms with Crippen molar-refractivity contribution in [1.29, 1.82) is 0 Å². The van der Waals surface area contributed by atoms with Crippen LogP contribution in [0.4, 0.5) is 0 Å². The second kappa shape index (κ2) is 12.8. The number of rotatable bonds is 0. The quantitative estimate of drug-likeness (QED) is 0.275.